The van der Waals surface area contributed by atoms with Crippen LogP contribution in [0.5, 0.6) is 0 Å². The SMILES string of the molecule is OCC1OC(O[C@@H]2C(CO)OC(O[C@@H]3C(CO)OC(O[C@@H]4C(CO)OC(O[C@@H]5C(CO)OC(O)[C@@H](O)[C@@H]5O)[C@@H](O)[C@@H]4O)[C@@H](O)[C@@H]3O)[C@@H](O)[C@@H]2O)[C@@H](O)[C@H](O)[C@@H]1O. The average Bonchev–Trinajstić information content (AvgIpc) is 3.19. The van der Waals surface area contributed by atoms with Gasteiger partial charge >= 0.3 is 0 Å². The highest BCUT2D eigenvalue weighted by Gasteiger charge is 2.56. The Kier molecular flexibility index (Phi) is 16.1. The molecule has 0 aromatic heterocycles. The first-order valence-corrected chi connectivity index (χ1v) is 17.6. The molecule has 5 fully saturated rings. The van der Waals surface area contributed by atoms with Crippen molar-refractivity contribution in [3.8, 4) is 0 Å². The lowest BCUT2D eigenvalue weighted by atomic mass is 9.95. The minimum atomic E-state index is -2.12. The van der Waals surface area contributed by atoms with E-state index in [2.05, 4.69) is 0 Å². The zero-order valence-corrected chi connectivity index (χ0v) is 29.2. The Labute approximate surface area is 316 Å². The van der Waals surface area contributed by atoms with Crippen LogP contribution in [-0.2, 0) is 42.6 Å². The van der Waals surface area contributed by atoms with Crippen LogP contribution in [0.3, 0.4) is 0 Å². The molecule has 0 aromatic rings. The lowest BCUT2D eigenvalue weighted by Crippen LogP contribution is -2.68. The predicted molar refractivity (Wildman–Crippen MR) is 167 cm³/mol. The van der Waals surface area contributed by atoms with E-state index in [0.29, 0.717) is 0 Å². The number of hydrogen-bond acceptors (Lipinski definition) is 26. The van der Waals surface area contributed by atoms with Gasteiger partial charge in [0.2, 0.25) is 0 Å². The standard InChI is InChI=1S/C30H52O26/c31-1-6-11(36)12(37)18(43)27(49-6)54-23-8(3-33)51-29(20(45)14(23)39)56-25-10(5-35)52-30(21(46)16(25)41)55-24-9(4-34)50-28(19(44)15(24)40)53-22-7(2-32)48-26(47)17(42)13(22)38/h6-47H,1-5H2/t6?,7?,8?,9?,10?,11-,12-,13+,14+,15+,16+,17+,18+,19+,20+,21+,22-,23-,24-,25-,26?,27?,28?,29?,30?/m1/s1. The van der Waals surface area contributed by atoms with E-state index in [1.165, 1.54) is 0 Å². The van der Waals surface area contributed by atoms with Crippen molar-refractivity contribution in [2.75, 3.05) is 33.0 Å². The van der Waals surface area contributed by atoms with E-state index in [9.17, 15) is 86.8 Å². The molecule has 0 amide bonds. The molecule has 0 saturated carbocycles. The number of aliphatic hydroxyl groups is 17. The fourth-order valence-corrected chi connectivity index (χ4v) is 7.03. The van der Waals surface area contributed by atoms with Crippen molar-refractivity contribution in [3.05, 3.63) is 0 Å². The quantitative estimate of drug-likeness (QED) is 0.0819. The van der Waals surface area contributed by atoms with E-state index in [0.717, 1.165) is 0 Å². The second-order valence-electron chi connectivity index (χ2n) is 13.9. The van der Waals surface area contributed by atoms with Crippen LogP contribution >= 0.6 is 0 Å². The maximum Gasteiger partial charge on any atom is 0.187 e. The molecule has 0 aromatic carbocycles. The lowest BCUT2D eigenvalue weighted by Gasteiger charge is -2.49. The molecule has 5 aliphatic heterocycles. The first kappa shape index (κ1) is 46.0. The molecule has 5 saturated heterocycles. The highest BCUT2D eigenvalue weighted by Crippen LogP contribution is 2.35. The van der Waals surface area contributed by atoms with Crippen molar-refractivity contribution in [1.29, 1.82) is 0 Å². The maximum atomic E-state index is 11.1. The highest BCUT2D eigenvalue weighted by molar-refractivity contribution is 4.99. The molecule has 25 atom stereocenters. The predicted octanol–water partition coefficient (Wildman–Crippen LogP) is -11.9. The summed E-state index contributed by atoms with van der Waals surface area (Å²) < 4.78 is 49.1. The molecule has 56 heavy (non-hydrogen) atoms. The van der Waals surface area contributed by atoms with Gasteiger partial charge in [-0.15, -0.1) is 0 Å². The van der Waals surface area contributed by atoms with E-state index in [1.807, 2.05) is 0 Å². The Morgan fingerprint density at radius 1 is 0.268 bits per heavy atom. The number of hydrogen-bond donors (Lipinski definition) is 17. The molecule has 26 heteroatoms. The Hall–Kier alpha value is -1.04. The van der Waals surface area contributed by atoms with E-state index in [-0.39, 0.29) is 0 Å². The highest BCUT2D eigenvalue weighted by atomic mass is 16.8. The minimum absolute atomic E-state index is 0.811. The third kappa shape index (κ3) is 9.16. The van der Waals surface area contributed by atoms with Crippen molar-refractivity contribution >= 4 is 0 Å². The second-order valence-corrected chi connectivity index (χ2v) is 13.9. The normalized spacial score (nSPS) is 53.2. The smallest absolute Gasteiger partial charge is 0.187 e. The van der Waals surface area contributed by atoms with Gasteiger partial charge in [-0.3, -0.25) is 0 Å². The topological polar surface area (TPSA) is 427 Å². The van der Waals surface area contributed by atoms with E-state index in [1.54, 1.807) is 0 Å². The van der Waals surface area contributed by atoms with Gasteiger partial charge in [-0.05, 0) is 0 Å². The van der Waals surface area contributed by atoms with Crippen LogP contribution in [0, 0.1) is 0 Å². The second kappa shape index (κ2) is 19.6. The van der Waals surface area contributed by atoms with E-state index < -0.39 is 187 Å². The summed E-state index contributed by atoms with van der Waals surface area (Å²) in [5.41, 5.74) is 0. The van der Waals surface area contributed by atoms with Crippen LogP contribution in [0.4, 0.5) is 0 Å². The maximum absolute atomic E-state index is 11.1. The molecule has 0 radical (unpaired) electrons. The molecule has 0 bridgehead atoms. The monoisotopic (exact) mass is 828 g/mol. The first-order valence-electron chi connectivity index (χ1n) is 17.6. The molecule has 17 N–H and O–H groups in total. The summed E-state index contributed by atoms with van der Waals surface area (Å²) in [4.78, 5) is 0. The first-order chi connectivity index (χ1) is 26.5. The molecule has 26 nitrogen and oxygen atoms in total. The fraction of sp³-hybridized carbons (Fsp3) is 1.00. The Morgan fingerprint density at radius 3 is 0.821 bits per heavy atom. The van der Waals surface area contributed by atoms with Gasteiger partial charge in [-0.1, -0.05) is 0 Å². The van der Waals surface area contributed by atoms with E-state index in [4.69, 9.17) is 42.6 Å². The third-order valence-corrected chi connectivity index (χ3v) is 10.3. The number of ether oxygens (including phenoxy) is 9. The molecule has 5 aliphatic rings. The average molecular weight is 829 g/mol. The summed E-state index contributed by atoms with van der Waals surface area (Å²) >= 11 is 0. The van der Waals surface area contributed by atoms with Crippen molar-refractivity contribution in [2.45, 2.75) is 154 Å². The molecule has 0 spiro atoms. The number of rotatable bonds is 13. The molecular formula is C30H52O26. The largest absolute Gasteiger partial charge is 0.394 e. The van der Waals surface area contributed by atoms with Crippen LogP contribution in [-0.4, -0.2) is 273 Å². The fourth-order valence-electron chi connectivity index (χ4n) is 7.03. The lowest BCUT2D eigenvalue weighted by molar-refractivity contribution is -0.392. The van der Waals surface area contributed by atoms with Crippen molar-refractivity contribution in [3.63, 3.8) is 0 Å². The summed E-state index contributed by atoms with van der Waals surface area (Å²) in [5.74, 6) is 0. The molecule has 5 heterocycles. The van der Waals surface area contributed by atoms with Gasteiger partial charge < -0.3 is 129 Å². The van der Waals surface area contributed by atoms with Crippen LogP contribution in [0.15, 0.2) is 0 Å². The summed E-state index contributed by atoms with van der Waals surface area (Å²) in [6.07, 6.45) is -45.8. The third-order valence-electron chi connectivity index (χ3n) is 10.3. The summed E-state index contributed by atoms with van der Waals surface area (Å²) in [6, 6.07) is 0. The van der Waals surface area contributed by atoms with Crippen LogP contribution < -0.4 is 0 Å². The summed E-state index contributed by atoms with van der Waals surface area (Å²) in [6.45, 7) is -4.51. The molecule has 5 rings (SSSR count). The van der Waals surface area contributed by atoms with Crippen LogP contribution in [0.25, 0.3) is 0 Å². The summed E-state index contributed by atoms with van der Waals surface area (Å²) in [7, 11) is 0. The Balaban J connectivity index is 1.22. The molecule has 10 unspecified atom stereocenters. The van der Waals surface area contributed by atoms with Gasteiger partial charge in [0.25, 0.3) is 0 Å². The van der Waals surface area contributed by atoms with Crippen molar-refractivity contribution < 1.29 is 129 Å². The van der Waals surface area contributed by atoms with Gasteiger partial charge in [0.15, 0.2) is 31.5 Å². The van der Waals surface area contributed by atoms with Gasteiger partial charge in [0.1, 0.15) is 122 Å². The zero-order chi connectivity index (χ0) is 41.3. The minimum Gasteiger partial charge on any atom is -0.394 e. The van der Waals surface area contributed by atoms with Gasteiger partial charge in [0.05, 0.1) is 33.0 Å². The van der Waals surface area contributed by atoms with Crippen LogP contribution in [0.1, 0.15) is 0 Å². The van der Waals surface area contributed by atoms with Gasteiger partial charge in [-0.2, -0.15) is 0 Å². The zero-order valence-electron chi connectivity index (χ0n) is 29.2. The van der Waals surface area contributed by atoms with E-state index >= 15 is 0 Å². The molecular weight excluding hydrogens is 776 g/mol. The van der Waals surface area contributed by atoms with Crippen molar-refractivity contribution in [1.82, 2.24) is 0 Å². The van der Waals surface area contributed by atoms with Crippen molar-refractivity contribution in [2.24, 2.45) is 0 Å². The van der Waals surface area contributed by atoms with Crippen LogP contribution in [0.2, 0.25) is 0 Å². The Bertz CT molecular complexity index is 1200. The summed E-state index contributed by atoms with van der Waals surface area (Å²) in [5, 5.41) is 176. The number of aliphatic hydroxyl groups excluding tert-OH is 17. The van der Waals surface area contributed by atoms with Gasteiger partial charge in [-0.25, -0.2) is 0 Å². The van der Waals surface area contributed by atoms with Gasteiger partial charge in [0, 0.05) is 0 Å². The Morgan fingerprint density at radius 2 is 0.518 bits per heavy atom. The molecule has 0 aliphatic carbocycles. The molecule has 328 valence electrons.